The zero-order valence-electron chi connectivity index (χ0n) is 9.58. The van der Waals surface area contributed by atoms with Crippen LogP contribution in [-0.2, 0) is 9.53 Å². The van der Waals surface area contributed by atoms with Crippen LogP contribution >= 0.6 is 0 Å². The van der Waals surface area contributed by atoms with E-state index in [9.17, 15) is 14.7 Å². The van der Waals surface area contributed by atoms with E-state index in [1.807, 2.05) is 0 Å². The Morgan fingerprint density at radius 3 is 2.35 bits per heavy atom. The lowest BCUT2D eigenvalue weighted by molar-refractivity contribution is -0.146. The molecule has 1 atom stereocenters. The van der Waals surface area contributed by atoms with Crippen LogP contribution in [0.5, 0.6) is 0 Å². The maximum atomic E-state index is 11.7. The van der Waals surface area contributed by atoms with E-state index in [-0.39, 0.29) is 17.2 Å². The van der Waals surface area contributed by atoms with Gasteiger partial charge in [0.05, 0.1) is 11.7 Å². The van der Waals surface area contributed by atoms with E-state index in [0.29, 0.717) is 0 Å². The first-order valence-electron chi connectivity index (χ1n) is 5.14. The van der Waals surface area contributed by atoms with E-state index in [4.69, 9.17) is 9.84 Å². The molecule has 1 aromatic rings. The van der Waals surface area contributed by atoms with E-state index >= 15 is 0 Å². The van der Waals surface area contributed by atoms with Crippen LogP contribution in [0.15, 0.2) is 24.3 Å². The molecule has 1 unspecified atom stereocenters. The largest absolute Gasteiger partial charge is 0.479 e. The molecule has 0 aliphatic carbocycles. The van der Waals surface area contributed by atoms with E-state index in [2.05, 4.69) is 0 Å². The van der Waals surface area contributed by atoms with E-state index in [1.54, 1.807) is 26.0 Å². The van der Waals surface area contributed by atoms with Crippen molar-refractivity contribution in [2.45, 2.75) is 26.1 Å². The zero-order valence-corrected chi connectivity index (χ0v) is 9.58. The zero-order chi connectivity index (χ0) is 13.0. The number of aliphatic carboxylic acids is 1. The molecule has 0 aromatic heterocycles. The van der Waals surface area contributed by atoms with Crippen molar-refractivity contribution in [3.63, 3.8) is 0 Å². The van der Waals surface area contributed by atoms with Crippen molar-refractivity contribution in [3.8, 4) is 0 Å². The molecule has 2 N–H and O–H groups in total. The lowest BCUT2D eigenvalue weighted by Crippen LogP contribution is -2.18. The van der Waals surface area contributed by atoms with Crippen LogP contribution in [0.3, 0.4) is 0 Å². The number of aliphatic hydroxyl groups excluding tert-OH is 1. The van der Waals surface area contributed by atoms with Crippen LogP contribution in [-0.4, -0.2) is 28.3 Å². The molecule has 17 heavy (non-hydrogen) atoms. The van der Waals surface area contributed by atoms with Gasteiger partial charge in [-0.05, 0) is 19.9 Å². The molecular formula is C12H14O5. The van der Waals surface area contributed by atoms with Gasteiger partial charge in [-0.25, -0.2) is 9.59 Å². The summed E-state index contributed by atoms with van der Waals surface area (Å²) in [4.78, 5) is 22.4. The quantitative estimate of drug-likeness (QED) is 0.774. The molecule has 5 nitrogen and oxygen atoms in total. The predicted octanol–water partition coefficient (Wildman–Crippen LogP) is 1.37. The Morgan fingerprint density at radius 1 is 1.24 bits per heavy atom. The highest BCUT2D eigenvalue weighted by Gasteiger charge is 2.23. The van der Waals surface area contributed by atoms with Gasteiger partial charge in [-0.1, -0.05) is 18.2 Å². The number of aliphatic hydroxyl groups is 1. The maximum absolute atomic E-state index is 11.7. The van der Waals surface area contributed by atoms with Crippen molar-refractivity contribution in [2.75, 3.05) is 0 Å². The minimum Gasteiger partial charge on any atom is -0.479 e. The number of carbonyl (C=O) groups is 2. The average Bonchev–Trinajstić information content (AvgIpc) is 2.27. The number of benzene rings is 1. The number of carboxylic acids is 1. The summed E-state index contributed by atoms with van der Waals surface area (Å²) in [6.07, 6.45) is -2.04. The molecule has 0 aliphatic heterocycles. The minimum absolute atomic E-state index is 0.0330. The molecule has 0 radical (unpaired) electrons. The fourth-order valence-corrected chi connectivity index (χ4v) is 1.33. The Bertz CT molecular complexity index is 425. The normalized spacial score (nSPS) is 12.2. The molecule has 0 heterocycles. The molecule has 0 spiro atoms. The number of carboxylic acid groups (broad SMARTS) is 1. The molecule has 1 rings (SSSR count). The third-order valence-corrected chi connectivity index (χ3v) is 2.05. The summed E-state index contributed by atoms with van der Waals surface area (Å²) in [7, 11) is 0. The van der Waals surface area contributed by atoms with Gasteiger partial charge in [0.2, 0.25) is 0 Å². The number of hydrogen-bond donors (Lipinski definition) is 2. The molecule has 1 aromatic carbocycles. The van der Waals surface area contributed by atoms with Crippen LogP contribution in [0.2, 0.25) is 0 Å². The summed E-state index contributed by atoms with van der Waals surface area (Å²) >= 11 is 0. The van der Waals surface area contributed by atoms with Crippen molar-refractivity contribution >= 4 is 11.9 Å². The second-order valence-electron chi connectivity index (χ2n) is 3.78. The first kappa shape index (κ1) is 13.2. The molecular weight excluding hydrogens is 224 g/mol. The Kier molecular flexibility index (Phi) is 4.23. The predicted molar refractivity (Wildman–Crippen MR) is 59.6 cm³/mol. The summed E-state index contributed by atoms with van der Waals surface area (Å²) in [5.74, 6) is -2.05. The van der Waals surface area contributed by atoms with Gasteiger partial charge in [-0.3, -0.25) is 0 Å². The van der Waals surface area contributed by atoms with Crippen molar-refractivity contribution < 1.29 is 24.5 Å². The van der Waals surface area contributed by atoms with Gasteiger partial charge in [0.15, 0.2) is 6.10 Å². The Labute approximate surface area is 98.6 Å². The Morgan fingerprint density at radius 2 is 1.82 bits per heavy atom. The van der Waals surface area contributed by atoms with Crippen molar-refractivity contribution in [1.29, 1.82) is 0 Å². The minimum atomic E-state index is -1.73. The standard InChI is InChI=1S/C12H14O5/c1-7(2)17-12(16)9-6-4-3-5-8(9)10(13)11(14)15/h3-7,10,13H,1-2H3,(H,14,15). The molecule has 0 aliphatic rings. The van der Waals surface area contributed by atoms with Gasteiger partial charge in [-0.15, -0.1) is 0 Å². The summed E-state index contributed by atoms with van der Waals surface area (Å²) in [6, 6.07) is 5.94. The van der Waals surface area contributed by atoms with Crippen LogP contribution in [0.1, 0.15) is 35.9 Å². The fourth-order valence-electron chi connectivity index (χ4n) is 1.33. The number of rotatable bonds is 4. The average molecular weight is 238 g/mol. The van der Waals surface area contributed by atoms with Crippen molar-refractivity contribution in [1.82, 2.24) is 0 Å². The molecule has 0 fully saturated rings. The second kappa shape index (κ2) is 5.45. The SMILES string of the molecule is CC(C)OC(=O)c1ccccc1C(O)C(=O)O. The summed E-state index contributed by atoms with van der Waals surface area (Å²) in [6.45, 7) is 3.38. The molecule has 0 amide bonds. The molecule has 92 valence electrons. The summed E-state index contributed by atoms with van der Waals surface area (Å²) < 4.78 is 4.96. The second-order valence-corrected chi connectivity index (χ2v) is 3.78. The van der Waals surface area contributed by atoms with Gasteiger partial charge in [0.1, 0.15) is 0 Å². The van der Waals surface area contributed by atoms with Crippen molar-refractivity contribution in [3.05, 3.63) is 35.4 Å². The number of ether oxygens (including phenoxy) is 1. The Hall–Kier alpha value is -1.88. The lowest BCUT2D eigenvalue weighted by Gasteiger charge is -2.13. The summed E-state index contributed by atoms with van der Waals surface area (Å²) in [5.41, 5.74) is 0.0988. The van der Waals surface area contributed by atoms with Crippen LogP contribution in [0, 0.1) is 0 Å². The fraction of sp³-hybridized carbons (Fsp3) is 0.333. The lowest BCUT2D eigenvalue weighted by atomic mass is 10.0. The monoisotopic (exact) mass is 238 g/mol. The van der Waals surface area contributed by atoms with Gasteiger partial charge in [-0.2, -0.15) is 0 Å². The molecule has 0 saturated heterocycles. The van der Waals surface area contributed by atoms with Crippen LogP contribution in [0.4, 0.5) is 0 Å². The van der Waals surface area contributed by atoms with Gasteiger partial charge in [0, 0.05) is 5.56 Å². The maximum Gasteiger partial charge on any atom is 0.338 e. The highest BCUT2D eigenvalue weighted by Crippen LogP contribution is 2.19. The van der Waals surface area contributed by atoms with E-state index in [0.717, 1.165) is 0 Å². The Balaban J connectivity index is 3.07. The number of esters is 1. The first-order valence-corrected chi connectivity index (χ1v) is 5.14. The van der Waals surface area contributed by atoms with E-state index < -0.39 is 18.0 Å². The highest BCUT2D eigenvalue weighted by atomic mass is 16.5. The van der Waals surface area contributed by atoms with Gasteiger partial charge in [0.25, 0.3) is 0 Å². The smallest absolute Gasteiger partial charge is 0.338 e. The van der Waals surface area contributed by atoms with Gasteiger partial charge < -0.3 is 14.9 Å². The third-order valence-electron chi connectivity index (χ3n) is 2.05. The van der Waals surface area contributed by atoms with Gasteiger partial charge >= 0.3 is 11.9 Å². The van der Waals surface area contributed by atoms with Crippen molar-refractivity contribution in [2.24, 2.45) is 0 Å². The van der Waals surface area contributed by atoms with E-state index in [1.165, 1.54) is 12.1 Å². The van der Waals surface area contributed by atoms with Crippen LogP contribution < -0.4 is 0 Å². The third kappa shape index (κ3) is 3.29. The topological polar surface area (TPSA) is 83.8 Å². The van der Waals surface area contributed by atoms with Crippen LogP contribution in [0.25, 0.3) is 0 Å². The molecule has 0 saturated carbocycles. The summed E-state index contributed by atoms with van der Waals surface area (Å²) in [5, 5.41) is 18.2. The first-order chi connectivity index (χ1) is 7.93. The number of carbonyl (C=O) groups excluding carboxylic acids is 1. The number of hydrogen-bond acceptors (Lipinski definition) is 4. The molecule has 5 heteroatoms. The molecule has 0 bridgehead atoms. The highest BCUT2D eigenvalue weighted by molar-refractivity contribution is 5.93.